The van der Waals surface area contributed by atoms with Gasteiger partial charge in [-0.25, -0.2) is 0 Å². The van der Waals surface area contributed by atoms with Crippen LogP contribution in [0.15, 0.2) is 53.1 Å². The summed E-state index contributed by atoms with van der Waals surface area (Å²) in [5.41, 5.74) is 3.97. The number of carbonyl (C=O) groups excluding carboxylic acids is 1. The van der Waals surface area contributed by atoms with E-state index >= 15 is 0 Å². The fourth-order valence-electron chi connectivity index (χ4n) is 3.86. The number of rotatable bonds is 4. The van der Waals surface area contributed by atoms with Crippen LogP contribution in [0.1, 0.15) is 24.2 Å². The Balaban J connectivity index is 1.31. The van der Waals surface area contributed by atoms with Crippen LogP contribution in [0.25, 0.3) is 21.9 Å². The van der Waals surface area contributed by atoms with Gasteiger partial charge in [-0.2, -0.15) is 0 Å². The first-order valence-electron chi connectivity index (χ1n) is 9.31. The molecule has 0 aliphatic heterocycles. The fourth-order valence-corrected chi connectivity index (χ4v) is 3.86. The molecule has 0 atom stereocenters. The first-order chi connectivity index (χ1) is 13.3. The number of furan rings is 1. The number of H-pyrrole nitrogens is 1. The lowest BCUT2D eigenvalue weighted by Crippen LogP contribution is -2.20. The molecule has 2 aromatic heterocycles. The Labute approximate surface area is 156 Å². The third-order valence-corrected chi connectivity index (χ3v) is 5.17. The Morgan fingerprint density at radius 2 is 2.04 bits per heavy atom. The van der Waals surface area contributed by atoms with Crippen LogP contribution >= 0.6 is 0 Å². The molecule has 5 heteroatoms. The van der Waals surface area contributed by atoms with Gasteiger partial charge in [0.15, 0.2) is 6.61 Å². The highest BCUT2D eigenvalue weighted by Gasteiger charge is 2.18. The third-order valence-electron chi connectivity index (χ3n) is 5.17. The summed E-state index contributed by atoms with van der Waals surface area (Å²) in [4.78, 5) is 15.5. The summed E-state index contributed by atoms with van der Waals surface area (Å²) in [7, 11) is 0. The summed E-state index contributed by atoms with van der Waals surface area (Å²) < 4.78 is 11.7. The lowest BCUT2D eigenvalue weighted by atomic mass is 9.96. The van der Waals surface area contributed by atoms with Crippen molar-refractivity contribution in [2.45, 2.75) is 25.7 Å². The van der Waals surface area contributed by atoms with Gasteiger partial charge in [0, 0.05) is 34.5 Å². The molecule has 0 radical (unpaired) electrons. The van der Waals surface area contributed by atoms with E-state index in [2.05, 4.69) is 10.3 Å². The summed E-state index contributed by atoms with van der Waals surface area (Å²) in [5.74, 6) is 1.61. The lowest BCUT2D eigenvalue weighted by Gasteiger charge is -2.10. The highest BCUT2D eigenvalue weighted by molar-refractivity contribution is 6.01. The smallest absolute Gasteiger partial charge is 0.262 e. The van der Waals surface area contributed by atoms with Crippen LogP contribution in [0.5, 0.6) is 5.75 Å². The minimum atomic E-state index is -0.182. The SMILES string of the molecule is O=C(COc1ccc2oc3c(c2c1)CCCC3)Nc1cccc2[nH]ccc12. The molecule has 4 aromatic rings. The van der Waals surface area contributed by atoms with Crippen molar-refractivity contribution >= 4 is 33.5 Å². The van der Waals surface area contributed by atoms with Crippen LogP contribution in [-0.2, 0) is 17.6 Å². The van der Waals surface area contributed by atoms with E-state index in [1.54, 1.807) is 0 Å². The van der Waals surface area contributed by atoms with Crippen molar-refractivity contribution in [1.82, 2.24) is 4.98 Å². The minimum Gasteiger partial charge on any atom is -0.484 e. The molecule has 0 fully saturated rings. The zero-order valence-corrected chi connectivity index (χ0v) is 14.9. The average Bonchev–Trinajstić information content (AvgIpc) is 3.31. The largest absolute Gasteiger partial charge is 0.484 e. The van der Waals surface area contributed by atoms with Crippen molar-refractivity contribution in [3.63, 3.8) is 0 Å². The van der Waals surface area contributed by atoms with Crippen LogP contribution in [0.3, 0.4) is 0 Å². The molecule has 0 saturated carbocycles. The second kappa shape index (κ2) is 6.50. The Morgan fingerprint density at radius 1 is 1.11 bits per heavy atom. The third kappa shape index (κ3) is 2.95. The summed E-state index contributed by atoms with van der Waals surface area (Å²) in [6.07, 6.45) is 6.29. The number of fused-ring (bicyclic) bond motifs is 4. The monoisotopic (exact) mass is 360 g/mol. The molecule has 0 spiro atoms. The number of benzene rings is 2. The molecule has 2 heterocycles. The van der Waals surface area contributed by atoms with Gasteiger partial charge in [-0.15, -0.1) is 0 Å². The molecule has 0 saturated heterocycles. The zero-order valence-electron chi connectivity index (χ0n) is 14.9. The van der Waals surface area contributed by atoms with E-state index in [-0.39, 0.29) is 12.5 Å². The molecule has 0 bridgehead atoms. The van der Waals surface area contributed by atoms with Gasteiger partial charge in [0.05, 0.1) is 5.69 Å². The Hall–Kier alpha value is -3.21. The number of amides is 1. The van der Waals surface area contributed by atoms with E-state index in [4.69, 9.17) is 9.15 Å². The van der Waals surface area contributed by atoms with E-state index in [0.717, 1.165) is 46.2 Å². The topological polar surface area (TPSA) is 67.3 Å². The lowest BCUT2D eigenvalue weighted by molar-refractivity contribution is -0.118. The molecule has 136 valence electrons. The van der Waals surface area contributed by atoms with Crippen LogP contribution in [0.4, 0.5) is 5.69 Å². The summed E-state index contributed by atoms with van der Waals surface area (Å²) in [5, 5.41) is 5.02. The molecule has 27 heavy (non-hydrogen) atoms. The number of aromatic amines is 1. The highest BCUT2D eigenvalue weighted by atomic mass is 16.5. The molecule has 2 N–H and O–H groups in total. The maximum atomic E-state index is 12.3. The average molecular weight is 360 g/mol. The first-order valence-corrected chi connectivity index (χ1v) is 9.31. The van der Waals surface area contributed by atoms with Gasteiger partial charge >= 0.3 is 0 Å². The van der Waals surface area contributed by atoms with Gasteiger partial charge in [0.25, 0.3) is 5.91 Å². The number of aromatic nitrogens is 1. The first kappa shape index (κ1) is 16.0. The summed E-state index contributed by atoms with van der Waals surface area (Å²) in [6, 6.07) is 13.5. The highest BCUT2D eigenvalue weighted by Crippen LogP contribution is 2.34. The number of anilines is 1. The van der Waals surface area contributed by atoms with E-state index in [1.165, 1.54) is 18.4 Å². The molecular formula is C22H20N2O3. The van der Waals surface area contributed by atoms with Crippen molar-refractivity contribution in [3.8, 4) is 5.75 Å². The predicted octanol–water partition coefficient (Wildman–Crippen LogP) is 4.81. The summed E-state index contributed by atoms with van der Waals surface area (Å²) >= 11 is 0. The van der Waals surface area contributed by atoms with Crippen molar-refractivity contribution in [3.05, 3.63) is 60.0 Å². The van der Waals surface area contributed by atoms with Crippen LogP contribution in [0.2, 0.25) is 0 Å². The van der Waals surface area contributed by atoms with Gasteiger partial charge in [-0.3, -0.25) is 4.79 Å². The standard InChI is InChI=1S/C22H20N2O3/c25-22(24-19-6-3-5-18-16(19)10-11-23-18)13-26-14-8-9-21-17(12-14)15-4-1-2-7-20(15)27-21/h3,5-6,8-12,23H,1-2,4,7,13H2,(H,24,25). The molecule has 0 unspecified atom stereocenters. The number of ether oxygens (including phenoxy) is 1. The predicted molar refractivity (Wildman–Crippen MR) is 105 cm³/mol. The van der Waals surface area contributed by atoms with Crippen LogP contribution < -0.4 is 10.1 Å². The van der Waals surface area contributed by atoms with Gasteiger partial charge < -0.3 is 19.5 Å². The van der Waals surface area contributed by atoms with Crippen molar-refractivity contribution in [2.24, 2.45) is 0 Å². The zero-order chi connectivity index (χ0) is 18.2. The van der Waals surface area contributed by atoms with Gasteiger partial charge in [0.2, 0.25) is 0 Å². The Bertz CT molecular complexity index is 1140. The number of nitrogens with one attached hydrogen (secondary N) is 2. The van der Waals surface area contributed by atoms with Crippen LogP contribution in [-0.4, -0.2) is 17.5 Å². The fraction of sp³-hybridized carbons (Fsp3) is 0.227. The van der Waals surface area contributed by atoms with Crippen molar-refractivity contribution in [1.29, 1.82) is 0 Å². The van der Waals surface area contributed by atoms with Gasteiger partial charge in [-0.1, -0.05) is 6.07 Å². The van der Waals surface area contributed by atoms with E-state index in [1.807, 2.05) is 48.7 Å². The molecule has 2 aromatic carbocycles. The van der Waals surface area contributed by atoms with E-state index in [0.29, 0.717) is 5.75 Å². The molecule has 1 aliphatic carbocycles. The number of hydrogen-bond acceptors (Lipinski definition) is 3. The molecule has 5 nitrogen and oxygen atoms in total. The number of hydrogen-bond donors (Lipinski definition) is 2. The van der Waals surface area contributed by atoms with Crippen LogP contribution in [0, 0.1) is 0 Å². The second-order valence-corrected chi connectivity index (χ2v) is 6.95. The van der Waals surface area contributed by atoms with Crippen molar-refractivity contribution < 1.29 is 13.9 Å². The second-order valence-electron chi connectivity index (χ2n) is 6.95. The maximum Gasteiger partial charge on any atom is 0.262 e. The van der Waals surface area contributed by atoms with E-state index < -0.39 is 0 Å². The van der Waals surface area contributed by atoms with Gasteiger partial charge in [-0.05, 0) is 55.7 Å². The normalized spacial score (nSPS) is 13.6. The van der Waals surface area contributed by atoms with Crippen molar-refractivity contribution in [2.75, 3.05) is 11.9 Å². The maximum absolute atomic E-state index is 12.3. The Kier molecular flexibility index (Phi) is 3.85. The molecule has 1 amide bonds. The van der Waals surface area contributed by atoms with E-state index in [9.17, 15) is 4.79 Å². The number of carbonyl (C=O) groups is 1. The quantitative estimate of drug-likeness (QED) is 0.549. The number of aryl methyl sites for hydroxylation is 2. The molecule has 5 rings (SSSR count). The molecule has 1 aliphatic rings. The van der Waals surface area contributed by atoms with Gasteiger partial charge in [0.1, 0.15) is 17.1 Å². The molecular weight excluding hydrogens is 340 g/mol. The Morgan fingerprint density at radius 3 is 3.00 bits per heavy atom. The minimum absolute atomic E-state index is 0.0354. The summed E-state index contributed by atoms with van der Waals surface area (Å²) in [6.45, 7) is -0.0354.